The SMILES string of the molecule is CC/C=C/CCOC(=O)OC(CCCCCCC)CCC(=O)O/C=C(\C)Cc1ccc(C(C)(C)C)cc1. The van der Waals surface area contributed by atoms with Crippen molar-refractivity contribution >= 4 is 12.1 Å². The predicted molar refractivity (Wildman–Crippen MR) is 152 cm³/mol. The van der Waals surface area contributed by atoms with E-state index in [0.717, 1.165) is 37.7 Å². The number of ether oxygens (including phenoxy) is 3. The van der Waals surface area contributed by atoms with E-state index in [0.29, 0.717) is 19.4 Å². The van der Waals surface area contributed by atoms with Crippen LogP contribution in [0, 0.1) is 0 Å². The lowest BCUT2D eigenvalue weighted by Crippen LogP contribution is -2.21. The first-order valence-electron chi connectivity index (χ1n) is 14.1. The summed E-state index contributed by atoms with van der Waals surface area (Å²) in [5.41, 5.74) is 3.57. The molecule has 0 radical (unpaired) electrons. The first-order chi connectivity index (χ1) is 17.7. The van der Waals surface area contributed by atoms with Gasteiger partial charge in [-0.2, -0.15) is 0 Å². The topological polar surface area (TPSA) is 61.8 Å². The maximum atomic E-state index is 12.4. The highest BCUT2D eigenvalue weighted by molar-refractivity contribution is 5.70. The highest BCUT2D eigenvalue weighted by Crippen LogP contribution is 2.23. The molecule has 0 aliphatic rings. The molecule has 5 heteroatoms. The van der Waals surface area contributed by atoms with Crippen LogP contribution in [0.3, 0.4) is 0 Å². The van der Waals surface area contributed by atoms with E-state index in [9.17, 15) is 9.59 Å². The standard InChI is InChI=1S/C32H50O5/c1-7-9-11-13-14-16-29(37-31(34)35-23-15-12-10-8-2)21-22-30(33)36-25-26(3)24-27-17-19-28(20-18-27)32(4,5)6/h10,12,17-20,25,29H,7-9,11,13-16,21-24H2,1-6H3/b12-10+,26-25+. The molecule has 1 atom stereocenters. The molecule has 1 rings (SSSR count). The molecule has 0 heterocycles. The predicted octanol–water partition coefficient (Wildman–Crippen LogP) is 8.99. The fraction of sp³-hybridized carbons (Fsp3) is 0.625. The van der Waals surface area contributed by atoms with Crippen molar-refractivity contribution < 1.29 is 23.8 Å². The Hall–Kier alpha value is -2.56. The molecule has 0 bridgehead atoms. The Morgan fingerprint density at radius 3 is 2.30 bits per heavy atom. The third-order valence-electron chi connectivity index (χ3n) is 6.16. The van der Waals surface area contributed by atoms with E-state index in [2.05, 4.69) is 58.9 Å². The molecule has 1 aromatic carbocycles. The van der Waals surface area contributed by atoms with Gasteiger partial charge in [-0.1, -0.05) is 96.7 Å². The minimum absolute atomic E-state index is 0.124. The van der Waals surface area contributed by atoms with Gasteiger partial charge in [0.25, 0.3) is 0 Å². The van der Waals surface area contributed by atoms with Crippen molar-refractivity contribution in [3.63, 3.8) is 0 Å². The molecule has 1 unspecified atom stereocenters. The molecule has 0 amide bonds. The fourth-order valence-corrected chi connectivity index (χ4v) is 3.89. The van der Waals surface area contributed by atoms with E-state index < -0.39 is 6.16 Å². The molecule has 1 aromatic rings. The van der Waals surface area contributed by atoms with Crippen molar-refractivity contribution in [1.29, 1.82) is 0 Å². The molecule has 0 saturated carbocycles. The number of carbonyl (C=O) groups excluding carboxylic acids is 2. The minimum atomic E-state index is -0.662. The molecule has 0 aliphatic heterocycles. The van der Waals surface area contributed by atoms with Crippen LogP contribution in [0.25, 0.3) is 0 Å². The zero-order chi connectivity index (χ0) is 27.5. The van der Waals surface area contributed by atoms with Gasteiger partial charge >= 0.3 is 12.1 Å². The lowest BCUT2D eigenvalue weighted by atomic mass is 9.86. The summed E-state index contributed by atoms with van der Waals surface area (Å²) < 4.78 is 16.1. The maximum Gasteiger partial charge on any atom is 0.508 e. The van der Waals surface area contributed by atoms with Crippen molar-refractivity contribution in [1.82, 2.24) is 0 Å². The second-order valence-corrected chi connectivity index (χ2v) is 10.8. The number of hydrogen-bond donors (Lipinski definition) is 0. The quantitative estimate of drug-likeness (QED) is 0.0898. The van der Waals surface area contributed by atoms with Gasteiger partial charge in [0.2, 0.25) is 0 Å². The van der Waals surface area contributed by atoms with Crippen molar-refractivity contribution in [3.8, 4) is 0 Å². The molecule has 0 fully saturated rings. The number of unbranched alkanes of at least 4 members (excludes halogenated alkanes) is 4. The van der Waals surface area contributed by atoms with Crippen molar-refractivity contribution in [3.05, 3.63) is 59.4 Å². The molecular weight excluding hydrogens is 464 g/mol. The van der Waals surface area contributed by atoms with Crippen LogP contribution >= 0.6 is 0 Å². The number of esters is 1. The molecule has 0 aliphatic carbocycles. The molecule has 0 spiro atoms. The van der Waals surface area contributed by atoms with Gasteiger partial charge < -0.3 is 14.2 Å². The normalized spacial score (nSPS) is 13.0. The van der Waals surface area contributed by atoms with Crippen LogP contribution in [0.15, 0.2) is 48.3 Å². The van der Waals surface area contributed by atoms with Gasteiger partial charge in [-0.15, -0.1) is 0 Å². The summed E-state index contributed by atoms with van der Waals surface area (Å²) >= 11 is 0. The summed E-state index contributed by atoms with van der Waals surface area (Å²) in [6.07, 6.45) is 13.9. The number of benzene rings is 1. The van der Waals surface area contributed by atoms with Gasteiger partial charge in [0, 0.05) is 6.42 Å². The molecule has 5 nitrogen and oxygen atoms in total. The van der Waals surface area contributed by atoms with Gasteiger partial charge in [-0.05, 0) is 67.6 Å². The van der Waals surface area contributed by atoms with Crippen molar-refractivity contribution in [2.24, 2.45) is 0 Å². The van der Waals surface area contributed by atoms with Crippen LogP contribution in [-0.4, -0.2) is 24.8 Å². The summed E-state index contributed by atoms with van der Waals surface area (Å²) in [6.45, 7) is 13.1. The Morgan fingerprint density at radius 2 is 1.65 bits per heavy atom. The van der Waals surface area contributed by atoms with Crippen LogP contribution in [0.2, 0.25) is 0 Å². The van der Waals surface area contributed by atoms with Crippen LogP contribution < -0.4 is 0 Å². The van der Waals surface area contributed by atoms with Crippen LogP contribution in [-0.2, 0) is 30.8 Å². The Labute approximate surface area is 225 Å². The number of rotatable bonds is 17. The third-order valence-corrected chi connectivity index (χ3v) is 6.16. The van der Waals surface area contributed by atoms with Gasteiger partial charge in [-0.3, -0.25) is 4.79 Å². The van der Waals surface area contributed by atoms with Gasteiger partial charge in [0.15, 0.2) is 0 Å². The average molecular weight is 515 g/mol. The molecule has 0 saturated heterocycles. The van der Waals surface area contributed by atoms with Gasteiger partial charge in [0.05, 0.1) is 12.9 Å². The first kappa shape index (κ1) is 32.5. The zero-order valence-corrected chi connectivity index (χ0v) is 24.1. The Balaban J connectivity index is 2.52. The molecule has 0 N–H and O–H groups in total. The highest BCUT2D eigenvalue weighted by atomic mass is 16.7. The van der Waals surface area contributed by atoms with E-state index >= 15 is 0 Å². The number of hydrogen-bond acceptors (Lipinski definition) is 5. The monoisotopic (exact) mass is 514 g/mol. The van der Waals surface area contributed by atoms with E-state index in [1.807, 2.05) is 19.1 Å². The lowest BCUT2D eigenvalue weighted by molar-refractivity contribution is -0.138. The summed E-state index contributed by atoms with van der Waals surface area (Å²) in [7, 11) is 0. The molecule has 208 valence electrons. The van der Waals surface area contributed by atoms with Gasteiger partial charge in [-0.25, -0.2) is 4.79 Å². The summed E-state index contributed by atoms with van der Waals surface area (Å²) in [5.74, 6) is -0.319. The van der Waals surface area contributed by atoms with Crippen molar-refractivity contribution in [2.75, 3.05) is 6.61 Å². The van der Waals surface area contributed by atoms with E-state index in [4.69, 9.17) is 14.2 Å². The fourth-order valence-electron chi connectivity index (χ4n) is 3.89. The minimum Gasteiger partial charge on any atom is -0.435 e. The maximum absolute atomic E-state index is 12.4. The second kappa shape index (κ2) is 18.6. The zero-order valence-electron chi connectivity index (χ0n) is 24.1. The third kappa shape index (κ3) is 16.0. The Bertz CT molecular complexity index is 830. The highest BCUT2D eigenvalue weighted by Gasteiger charge is 2.18. The van der Waals surface area contributed by atoms with E-state index in [-0.39, 0.29) is 23.9 Å². The smallest absolute Gasteiger partial charge is 0.435 e. The molecule has 0 aromatic heterocycles. The van der Waals surface area contributed by atoms with Crippen LogP contribution in [0.4, 0.5) is 4.79 Å². The number of allylic oxidation sites excluding steroid dienone is 2. The van der Waals surface area contributed by atoms with Crippen LogP contribution in [0.1, 0.15) is 117 Å². The number of carbonyl (C=O) groups is 2. The Morgan fingerprint density at radius 1 is 0.946 bits per heavy atom. The van der Waals surface area contributed by atoms with Crippen molar-refractivity contribution in [2.45, 2.75) is 124 Å². The lowest BCUT2D eigenvalue weighted by Gasteiger charge is -2.19. The summed E-state index contributed by atoms with van der Waals surface area (Å²) in [4.78, 5) is 24.5. The molecular formula is C32H50O5. The second-order valence-electron chi connectivity index (χ2n) is 10.8. The van der Waals surface area contributed by atoms with Crippen LogP contribution in [0.5, 0.6) is 0 Å². The average Bonchev–Trinajstić information content (AvgIpc) is 2.85. The molecule has 37 heavy (non-hydrogen) atoms. The Kier molecular flexibility index (Phi) is 16.4. The largest absolute Gasteiger partial charge is 0.508 e. The van der Waals surface area contributed by atoms with E-state index in [1.54, 1.807) is 6.26 Å². The summed E-state index contributed by atoms with van der Waals surface area (Å²) in [5, 5.41) is 0. The van der Waals surface area contributed by atoms with E-state index in [1.165, 1.54) is 30.4 Å². The van der Waals surface area contributed by atoms with Gasteiger partial charge in [0.1, 0.15) is 6.10 Å². The summed E-state index contributed by atoms with van der Waals surface area (Å²) in [6, 6.07) is 8.57. The first-order valence-corrected chi connectivity index (χ1v) is 14.1.